The van der Waals surface area contributed by atoms with E-state index in [4.69, 9.17) is 5.73 Å². The summed E-state index contributed by atoms with van der Waals surface area (Å²) in [6, 6.07) is 20.2. The number of hydrogen-bond acceptors (Lipinski definition) is 3. The van der Waals surface area contributed by atoms with Crippen molar-refractivity contribution in [1.82, 2.24) is 4.90 Å². The molecular weight excluding hydrogens is 485 g/mol. The highest BCUT2D eigenvalue weighted by molar-refractivity contribution is 9.10. The first kappa shape index (κ1) is 24.6. The van der Waals surface area contributed by atoms with Gasteiger partial charge in [-0.3, -0.25) is 9.59 Å². The van der Waals surface area contributed by atoms with Crippen LogP contribution in [-0.2, 0) is 6.54 Å². The zero-order valence-electron chi connectivity index (χ0n) is 18.6. The van der Waals surface area contributed by atoms with E-state index < -0.39 is 5.82 Å². The fraction of sp³-hybridized carbons (Fsp3) is 0.231. The van der Waals surface area contributed by atoms with Gasteiger partial charge in [0.15, 0.2) is 0 Å². The highest BCUT2D eigenvalue weighted by atomic mass is 79.9. The summed E-state index contributed by atoms with van der Waals surface area (Å²) in [6.07, 6.45) is 0. The minimum Gasteiger partial charge on any atom is -0.334 e. The summed E-state index contributed by atoms with van der Waals surface area (Å²) in [5, 5.41) is 2.90. The van der Waals surface area contributed by atoms with Crippen LogP contribution in [0.2, 0.25) is 0 Å². The van der Waals surface area contributed by atoms with E-state index in [9.17, 15) is 14.0 Å². The highest BCUT2D eigenvalue weighted by Crippen LogP contribution is 2.22. The van der Waals surface area contributed by atoms with Crippen LogP contribution in [-0.4, -0.2) is 29.8 Å². The van der Waals surface area contributed by atoms with Crippen molar-refractivity contribution in [2.75, 3.05) is 18.4 Å². The van der Waals surface area contributed by atoms with E-state index in [1.165, 1.54) is 18.2 Å². The second-order valence-electron chi connectivity index (χ2n) is 8.67. The molecule has 5 nitrogen and oxygen atoms in total. The van der Waals surface area contributed by atoms with E-state index in [2.05, 4.69) is 21.2 Å². The van der Waals surface area contributed by atoms with Crippen molar-refractivity contribution in [1.29, 1.82) is 0 Å². The van der Waals surface area contributed by atoms with Crippen LogP contribution in [0.1, 0.15) is 40.1 Å². The predicted molar refractivity (Wildman–Crippen MR) is 133 cm³/mol. The average Bonchev–Trinajstić information content (AvgIpc) is 2.78. The van der Waals surface area contributed by atoms with Crippen molar-refractivity contribution in [3.63, 3.8) is 0 Å². The molecule has 0 bridgehead atoms. The number of benzene rings is 3. The van der Waals surface area contributed by atoms with E-state index in [1.54, 1.807) is 35.2 Å². The lowest BCUT2D eigenvalue weighted by Gasteiger charge is -2.32. The molecule has 3 aromatic carbocycles. The van der Waals surface area contributed by atoms with Crippen molar-refractivity contribution >= 4 is 33.4 Å². The Bertz CT molecular complexity index is 1150. The molecule has 0 heterocycles. The van der Waals surface area contributed by atoms with Gasteiger partial charge < -0.3 is 16.0 Å². The third-order valence-corrected chi connectivity index (χ3v) is 5.90. The lowest BCUT2D eigenvalue weighted by Crippen LogP contribution is -2.41. The smallest absolute Gasteiger partial charge is 0.256 e. The fourth-order valence-electron chi connectivity index (χ4n) is 3.40. The van der Waals surface area contributed by atoms with E-state index in [-0.39, 0.29) is 29.3 Å². The Morgan fingerprint density at radius 3 is 2.45 bits per heavy atom. The number of hydrogen-bond donors (Lipinski definition) is 2. The largest absolute Gasteiger partial charge is 0.334 e. The van der Waals surface area contributed by atoms with Crippen molar-refractivity contribution in [2.24, 2.45) is 11.1 Å². The maximum absolute atomic E-state index is 13.7. The number of halogens is 2. The molecule has 0 aliphatic heterocycles. The van der Waals surface area contributed by atoms with Crippen LogP contribution in [0.3, 0.4) is 0 Å². The normalized spacial score (nSPS) is 11.2. The Balaban J connectivity index is 1.83. The van der Waals surface area contributed by atoms with Crippen LogP contribution in [0.4, 0.5) is 10.1 Å². The lowest BCUT2D eigenvalue weighted by molar-refractivity contribution is 0.0672. The number of carbonyl (C=O) groups excluding carboxylic acids is 2. The van der Waals surface area contributed by atoms with Crippen LogP contribution in [0.15, 0.2) is 77.3 Å². The van der Waals surface area contributed by atoms with Crippen LogP contribution in [0.25, 0.3) is 0 Å². The van der Waals surface area contributed by atoms with Gasteiger partial charge in [0.05, 0.1) is 5.56 Å². The van der Waals surface area contributed by atoms with Gasteiger partial charge in [0.1, 0.15) is 5.82 Å². The summed E-state index contributed by atoms with van der Waals surface area (Å²) in [6.45, 7) is 5.03. The van der Waals surface area contributed by atoms with Crippen LogP contribution >= 0.6 is 15.9 Å². The third-order valence-electron chi connectivity index (χ3n) is 5.21. The highest BCUT2D eigenvalue weighted by Gasteiger charge is 2.25. The standard InChI is InChI=1S/C26H27BrFN3O2/c1-26(2,16-29)17-31(25(33)19-8-6-9-20(28)14-19)15-18-7-5-10-21(13-18)30-24(32)22-11-3-4-12-23(22)27/h3-14H,15-17,29H2,1-2H3,(H,30,32). The molecule has 0 spiro atoms. The summed E-state index contributed by atoms with van der Waals surface area (Å²) >= 11 is 3.39. The molecule has 0 atom stereocenters. The summed E-state index contributed by atoms with van der Waals surface area (Å²) in [4.78, 5) is 27.6. The van der Waals surface area contributed by atoms with Gasteiger partial charge >= 0.3 is 0 Å². The maximum Gasteiger partial charge on any atom is 0.256 e. The van der Waals surface area contributed by atoms with Gasteiger partial charge in [-0.2, -0.15) is 0 Å². The molecule has 0 fully saturated rings. The molecule has 0 aliphatic rings. The number of anilines is 1. The van der Waals surface area contributed by atoms with E-state index >= 15 is 0 Å². The van der Waals surface area contributed by atoms with Gasteiger partial charge in [-0.05, 0) is 75.9 Å². The van der Waals surface area contributed by atoms with E-state index in [0.29, 0.717) is 28.8 Å². The molecule has 3 N–H and O–H groups in total. The molecule has 7 heteroatoms. The molecule has 3 rings (SSSR count). The SMILES string of the molecule is CC(C)(CN)CN(Cc1cccc(NC(=O)c2ccccc2Br)c1)C(=O)c1cccc(F)c1. The Labute approximate surface area is 201 Å². The van der Waals surface area contributed by atoms with Crippen molar-refractivity contribution in [2.45, 2.75) is 20.4 Å². The number of nitrogens with two attached hydrogens (primary N) is 1. The first-order chi connectivity index (χ1) is 15.7. The first-order valence-electron chi connectivity index (χ1n) is 10.6. The van der Waals surface area contributed by atoms with Gasteiger partial charge in [0.25, 0.3) is 11.8 Å². The average molecular weight is 512 g/mol. The van der Waals surface area contributed by atoms with Crippen LogP contribution in [0, 0.1) is 11.2 Å². The summed E-state index contributed by atoms with van der Waals surface area (Å²) < 4.78 is 14.4. The van der Waals surface area contributed by atoms with Gasteiger partial charge in [0, 0.05) is 28.8 Å². The van der Waals surface area contributed by atoms with Crippen LogP contribution in [0.5, 0.6) is 0 Å². The predicted octanol–water partition coefficient (Wildman–Crippen LogP) is 5.47. The topological polar surface area (TPSA) is 75.4 Å². The van der Waals surface area contributed by atoms with Crippen molar-refractivity contribution in [3.05, 3.63) is 99.8 Å². The summed E-state index contributed by atoms with van der Waals surface area (Å²) in [7, 11) is 0. The molecule has 0 saturated heterocycles. The molecule has 0 unspecified atom stereocenters. The zero-order valence-corrected chi connectivity index (χ0v) is 20.2. The Morgan fingerprint density at radius 2 is 1.76 bits per heavy atom. The number of nitrogens with one attached hydrogen (secondary N) is 1. The quantitative estimate of drug-likeness (QED) is 0.421. The number of amides is 2. The Kier molecular flexibility index (Phi) is 8.00. The summed E-state index contributed by atoms with van der Waals surface area (Å²) in [5.41, 5.74) is 7.83. The van der Waals surface area contributed by atoms with Gasteiger partial charge in [0.2, 0.25) is 0 Å². The second kappa shape index (κ2) is 10.7. The van der Waals surface area contributed by atoms with Crippen molar-refractivity contribution < 1.29 is 14.0 Å². The zero-order chi connectivity index (χ0) is 24.0. The molecule has 2 amide bonds. The molecule has 3 aromatic rings. The minimum absolute atomic E-state index is 0.239. The third kappa shape index (κ3) is 6.73. The van der Waals surface area contributed by atoms with Crippen LogP contribution < -0.4 is 11.1 Å². The van der Waals surface area contributed by atoms with Gasteiger partial charge in [-0.25, -0.2) is 4.39 Å². The minimum atomic E-state index is -0.462. The van der Waals surface area contributed by atoms with Crippen molar-refractivity contribution in [3.8, 4) is 0 Å². The summed E-state index contributed by atoms with van der Waals surface area (Å²) in [5.74, 6) is -0.981. The Morgan fingerprint density at radius 1 is 1.03 bits per heavy atom. The molecule has 0 radical (unpaired) electrons. The fourth-order valence-corrected chi connectivity index (χ4v) is 3.86. The molecule has 0 aromatic heterocycles. The lowest BCUT2D eigenvalue weighted by atomic mass is 9.92. The number of rotatable bonds is 8. The molecule has 0 saturated carbocycles. The molecule has 0 aliphatic carbocycles. The Hall–Kier alpha value is -3.03. The maximum atomic E-state index is 13.7. The van der Waals surface area contributed by atoms with E-state index in [0.717, 1.165) is 5.56 Å². The van der Waals surface area contributed by atoms with E-state index in [1.807, 2.05) is 38.1 Å². The second-order valence-corrected chi connectivity index (χ2v) is 9.53. The number of nitrogens with zero attached hydrogens (tertiary/aromatic N) is 1. The van der Waals surface area contributed by atoms with Gasteiger partial charge in [-0.15, -0.1) is 0 Å². The molecule has 33 heavy (non-hydrogen) atoms. The van der Waals surface area contributed by atoms with Gasteiger partial charge in [-0.1, -0.05) is 44.2 Å². The molecule has 172 valence electrons. The first-order valence-corrected chi connectivity index (χ1v) is 11.4. The monoisotopic (exact) mass is 511 g/mol. The number of carbonyl (C=O) groups is 2. The molecular formula is C26H27BrFN3O2.